The van der Waals surface area contributed by atoms with E-state index in [1.165, 1.54) is 24.3 Å². The molecule has 27 heavy (non-hydrogen) atoms. The monoisotopic (exact) mass is 391 g/mol. The van der Waals surface area contributed by atoms with Crippen LogP contribution in [0.5, 0.6) is 0 Å². The molecule has 0 radical (unpaired) electrons. The Morgan fingerprint density at radius 1 is 1.07 bits per heavy atom. The van der Waals surface area contributed by atoms with E-state index >= 15 is 0 Å². The van der Waals surface area contributed by atoms with Crippen molar-refractivity contribution in [1.82, 2.24) is 0 Å². The summed E-state index contributed by atoms with van der Waals surface area (Å²) in [6, 6.07) is 9.88. The first-order chi connectivity index (χ1) is 12.4. The van der Waals surface area contributed by atoms with Crippen LogP contribution in [0.3, 0.4) is 0 Å². The van der Waals surface area contributed by atoms with Crippen molar-refractivity contribution in [2.75, 3.05) is 10.0 Å². The molecule has 1 amide bonds. The number of benzene rings is 2. The highest BCUT2D eigenvalue weighted by Crippen LogP contribution is 2.25. The Bertz CT molecular complexity index is 994. The molecule has 2 aromatic rings. The second-order valence-electron chi connectivity index (χ2n) is 7.10. The number of sulfonamides is 1. The average molecular weight is 391 g/mol. The number of nitrogens with one attached hydrogen (secondary N) is 2. The van der Waals surface area contributed by atoms with E-state index in [-0.39, 0.29) is 22.2 Å². The topological polar surface area (TPSA) is 118 Å². The highest BCUT2D eigenvalue weighted by atomic mass is 32.2. The molecule has 2 rings (SSSR count). The fraction of sp³-hybridized carbons (Fsp3) is 0.278. The summed E-state index contributed by atoms with van der Waals surface area (Å²) in [6.07, 6.45) is 0. The third-order valence-corrected chi connectivity index (χ3v) is 5.25. The summed E-state index contributed by atoms with van der Waals surface area (Å²) in [5, 5.41) is 13.6. The molecule has 0 aliphatic carbocycles. The predicted octanol–water partition coefficient (Wildman–Crippen LogP) is 3.69. The standard InChI is InChI=1S/C18H21N3O5S/c1-12-8-9-15(21(23)24)11-16(12)27(25,26)20-14-7-5-6-13(10-14)19-17(22)18(2,3)4/h5-11,20H,1-4H3,(H,19,22). The van der Waals surface area contributed by atoms with Crippen molar-refractivity contribution in [3.05, 3.63) is 58.1 Å². The molecular formula is C18H21N3O5S. The van der Waals surface area contributed by atoms with Crippen LogP contribution in [0.2, 0.25) is 0 Å². The third-order valence-electron chi connectivity index (χ3n) is 3.73. The number of nitro groups is 1. The van der Waals surface area contributed by atoms with Crippen molar-refractivity contribution in [3.8, 4) is 0 Å². The van der Waals surface area contributed by atoms with Crippen molar-refractivity contribution < 1.29 is 18.1 Å². The lowest BCUT2D eigenvalue weighted by molar-refractivity contribution is -0.385. The Hall–Kier alpha value is -2.94. The van der Waals surface area contributed by atoms with Gasteiger partial charge in [-0.25, -0.2) is 8.42 Å². The Morgan fingerprint density at radius 2 is 1.70 bits per heavy atom. The average Bonchev–Trinajstić information content (AvgIpc) is 2.53. The first kappa shape index (κ1) is 20.4. The fourth-order valence-corrected chi connectivity index (χ4v) is 3.50. The second-order valence-corrected chi connectivity index (χ2v) is 8.75. The Labute approximate surface area is 157 Å². The molecule has 0 unspecified atom stereocenters. The number of carbonyl (C=O) groups excluding carboxylic acids is 1. The smallest absolute Gasteiger partial charge is 0.270 e. The summed E-state index contributed by atoms with van der Waals surface area (Å²) in [4.78, 5) is 22.2. The van der Waals surface area contributed by atoms with Crippen LogP contribution in [-0.4, -0.2) is 19.2 Å². The molecule has 2 N–H and O–H groups in total. The van der Waals surface area contributed by atoms with E-state index in [1.807, 2.05) is 0 Å². The number of hydrogen-bond donors (Lipinski definition) is 2. The van der Waals surface area contributed by atoms with Crippen molar-refractivity contribution in [2.24, 2.45) is 5.41 Å². The van der Waals surface area contributed by atoms with Crippen LogP contribution in [0.25, 0.3) is 0 Å². The van der Waals surface area contributed by atoms with Gasteiger partial charge in [0.1, 0.15) is 0 Å². The molecule has 0 aromatic heterocycles. The lowest BCUT2D eigenvalue weighted by Gasteiger charge is -2.18. The maximum absolute atomic E-state index is 12.7. The van der Waals surface area contributed by atoms with Crippen LogP contribution in [-0.2, 0) is 14.8 Å². The second kappa shape index (κ2) is 7.36. The first-order valence-corrected chi connectivity index (χ1v) is 9.58. The van der Waals surface area contributed by atoms with Gasteiger partial charge in [0.2, 0.25) is 5.91 Å². The maximum atomic E-state index is 12.7. The summed E-state index contributed by atoms with van der Waals surface area (Å²) in [5.41, 5.74) is 0.131. The van der Waals surface area contributed by atoms with E-state index in [2.05, 4.69) is 10.0 Å². The van der Waals surface area contributed by atoms with Gasteiger partial charge < -0.3 is 5.32 Å². The zero-order chi connectivity index (χ0) is 20.4. The van der Waals surface area contributed by atoms with Crippen LogP contribution in [0.15, 0.2) is 47.4 Å². The van der Waals surface area contributed by atoms with Gasteiger partial charge in [0.25, 0.3) is 15.7 Å². The van der Waals surface area contributed by atoms with E-state index in [0.29, 0.717) is 11.3 Å². The van der Waals surface area contributed by atoms with Gasteiger partial charge in [0.15, 0.2) is 0 Å². The number of hydrogen-bond acceptors (Lipinski definition) is 5. The van der Waals surface area contributed by atoms with E-state index in [4.69, 9.17) is 0 Å². The van der Waals surface area contributed by atoms with Gasteiger partial charge in [0, 0.05) is 23.2 Å². The molecular weight excluding hydrogens is 370 g/mol. The van der Waals surface area contributed by atoms with Crippen LogP contribution >= 0.6 is 0 Å². The molecule has 0 heterocycles. The van der Waals surface area contributed by atoms with Gasteiger partial charge in [-0.05, 0) is 30.7 Å². The fourth-order valence-electron chi connectivity index (χ4n) is 2.18. The molecule has 0 aliphatic heterocycles. The van der Waals surface area contributed by atoms with E-state index in [0.717, 1.165) is 6.07 Å². The van der Waals surface area contributed by atoms with Gasteiger partial charge in [-0.1, -0.05) is 32.9 Å². The van der Waals surface area contributed by atoms with E-state index in [1.54, 1.807) is 39.8 Å². The largest absolute Gasteiger partial charge is 0.326 e. The summed E-state index contributed by atoms with van der Waals surface area (Å²) < 4.78 is 27.7. The van der Waals surface area contributed by atoms with Crippen molar-refractivity contribution >= 4 is 33.0 Å². The summed E-state index contributed by atoms with van der Waals surface area (Å²) in [5.74, 6) is -0.211. The summed E-state index contributed by atoms with van der Waals surface area (Å²) >= 11 is 0. The van der Waals surface area contributed by atoms with Crippen molar-refractivity contribution in [2.45, 2.75) is 32.6 Å². The summed E-state index contributed by atoms with van der Waals surface area (Å²) in [7, 11) is -4.04. The summed E-state index contributed by atoms with van der Waals surface area (Å²) in [6.45, 7) is 6.85. The highest BCUT2D eigenvalue weighted by Gasteiger charge is 2.23. The Morgan fingerprint density at radius 3 is 2.30 bits per heavy atom. The van der Waals surface area contributed by atoms with Crippen molar-refractivity contribution in [3.63, 3.8) is 0 Å². The van der Waals surface area contributed by atoms with Crippen LogP contribution in [0.4, 0.5) is 17.1 Å². The Kier molecular flexibility index (Phi) is 5.55. The highest BCUT2D eigenvalue weighted by molar-refractivity contribution is 7.92. The van der Waals surface area contributed by atoms with Gasteiger partial charge in [-0.3, -0.25) is 19.6 Å². The minimum atomic E-state index is -4.04. The molecule has 0 bridgehead atoms. The number of nitro benzene ring substituents is 1. The van der Waals surface area contributed by atoms with Gasteiger partial charge in [0.05, 0.1) is 15.5 Å². The number of anilines is 2. The van der Waals surface area contributed by atoms with Crippen molar-refractivity contribution in [1.29, 1.82) is 0 Å². The molecule has 0 spiro atoms. The zero-order valence-electron chi connectivity index (χ0n) is 15.4. The minimum Gasteiger partial charge on any atom is -0.326 e. The number of rotatable bonds is 5. The molecule has 8 nitrogen and oxygen atoms in total. The molecule has 0 atom stereocenters. The number of carbonyl (C=O) groups is 1. The molecule has 0 fully saturated rings. The molecule has 0 aliphatic rings. The number of aryl methyl sites for hydroxylation is 1. The number of nitrogens with zero attached hydrogens (tertiary/aromatic N) is 1. The predicted molar refractivity (Wildman–Crippen MR) is 103 cm³/mol. The Balaban J connectivity index is 2.31. The minimum absolute atomic E-state index is 0.180. The van der Waals surface area contributed by atoms with Gasteiger partial charge in [-0.15, -0.1) is 0 Å². The zero-order valence-corrected chi connectivity index (χ0v) is 16.3. The lowest BCUT2D eigenvalue weighted by Crippen LogP contribution is -2.27. The number of amides is 1. The normalized spacial score (nSPS) is 11.7. The SMILES string of the molecule is Cc1ccc([N+](=O)[O-])cc1S(=O)(=O)Nc1cccc(NC(=O)C(C)(C)C)c1. The van der Waals surface area contributed by atoms with E-state index in [9.17, 15) is 23.3 Å². The molecule has 9 heteroatoms. The van der Waals surface area contributed by atoms with E-state index < -0.39 is 20.4 Å². The van der Waals surface area contributed by atoms with Crippen LogP contribution < -0.4 is 10.0 Å². The van der Waals surface area contributed by atoms with Gasteiger partial charge in [-0.2, -0.15) is 0 Å². The third kappa shape index (κ3) is 5.04. The first-order valence-electron chi connectivity index (χ1n) is 8.09. The maximum Gasteiger partial charge on any atom is 0.270 e. The van der Waals surface area contributed by atoms with Crippen LogP contribution in [0, 0.1) is 22.5 Å². The molecule has 0 saturated heterocycles. The van der Waals surface area contributed by atoms with Crippen LogP contribution in [0.1, 0.15) is 26.3 Å². The lowest BCUT2D eigenvalue weighted by atomic mass is 9.95. The van der Waals surface area contributed by atoms with Gasteiger partial charge >= 0.3 is 0 Å². The molecule has 0 saturated carbocycles. The molecule has 2 aromatic carbocycles. The molecule has 144 valence electrons. The number of non-ortho nitro benzene ring substituents is 1. The quantitative estimate of drug-likeness (QED) is 0.595.